The van der Waals surface area contributed by atoms with E-state index in [9.17, 15) is 4.39 Å². The molecule has 4 heteroatoms. The van der Waals surface area contributed by atoms with Gasteiger partial charge in [0, 0.05) is 32.5 Å². The number of pyridine rings is 1. The third-order valence-corrected chi connectivity index (χ3v) is 2.26. The van der Waals surface area contributed by atoms with Crippen molar-refractivity contribution >= 4 is 16.4 Å². The Hall–Kier alpha value is -1.25. The average molecular weight is 377 g/mol. The summed E-state index contributed by atoms with van der Waals surface area (Å²) in [4.78, 5) is 4.10. The molecule has 2 aromatic heterocycles. The molecule has 0 aliphatic heterocycles. The molecule has 0 bridgehead atoms. The zero-order valence-electron chi connectivity index (χ0n) is 7.57. The van der Waals surface area contributed by atoms with E-state index >= 15 is 0 Å². The van der Waals surface area contributed by atoms with Crippen LogP contribution in [-0.2, 0) is 20.1 Å². The Morgan fingerprint density at radius 1 is 1.40 bits per heavy atom. The second kappa shape index (κ2) is 3.72. The molecule has 1 aromatic carbocycles. The number of imidazole rings is 1. The molecule has 0 unspecified atom stereocenters. The predicted octanol–water partition coefficient (Wildman–Crippen LogP) is 2.42. The summed E-state index contributed by atoms with van der Waals surface area (Å²) in [5, 5.41) is 1.67. The van der Waals surface area contributed by atoms with Gasteiger partial charge >= 0.3 is 0 Å². The summed E-state index contributed by atoms with van der Waals surface area (Å²) in [5.74, 6) is -0.301. The van der Waals surface area contributed by atoms with Crippen molar-refractivity contribution in [2.75, 3.05) is 0 Å². The number of hydrogen-bond donors (Lipinski definition) is 0. The first-order valence-electron chi connectivity index (χ1n) is 4.28. The van der Waals surface area contributed by atoms with Gasteiger partial charge in [-0.05, 0) is 6.07 Å². The van der Waals surface area contributed by atoms with Crippen LogP contribution in [0.25, 0.3) is 16.4 Å². The molecule has 0 atom stereocenters. The summed E-state index contributed by atoms with van der Waals surface area (Å²) in [5.41, 5.74) is 0.612. The molecule has 2 heterocycles. The van der Waals surface area contributed by atoms with Gasteiger partial charge < -0.3 is 4.40 Å². The minimum absolute atomic E-state index is 0. The Kier molecular flexibility index (Phi) is 2.55. The summed E-state index contributed by atoms with van der Waals surface area (Å²) in [6, 6.07) is 10.0. The topological polar surface area (TPSA) is 17.3 Å². The number of hydrogen-bond acceptors (Lipinski definition) is 1. The van der Waals surface area contributed by atoms with E-state index in [1.807, 2.05) is 12.1 Å². The van der Waals surface area contributed by atoms with Crippen molar-refractivity contribution in [2.45, 2.75) is 0 Å². The summed E-state index contributed by atoms with van der Waals surface area (Å²) in [6.07, 6.45) is 3.18. The molecule has 2 nitrogen and oxygen atoms in total. The Balaban J connectivity index is 0.000000853. The number of halogens is 1. The van der Waals surface area contributed by atoms with E-state index in [1.54, 1.807) is 18.5 Å². The second-order valence-electron chi connectivity index (χ2n) is 3.09. The molecule has 0 saturated carbocycles. The average Bonchev–Trinajstić information content (AvgIpc) is 2.67. The molecule has 0 saturated heterocycles. The van der Waals surface area contributed by atoms with Gasteiger partial charge in [-0.3, -0.25) is 4.98 Å². The molecule has 15 heavy (non-hydrogen) atoms. The van der Waals surface area contributed by atoms with E-state index in [4.69, 9.17) is 0 Å². The monoisotopic (exact) mass is 378 g/mol. The van der Waals surface area contributed by atoms with Crippen LogP contribution < -0.4 is 0 Å². The number of aromatic nitrogens is 2. The van der Waals surface area contributed by atoms with Crippen molar-refractivity contribution in [2.24, 2.45) is 0 Å². The maximum absolute atomic E-state index is 13.5. The van der Waals surface area contributed by atoms with Gasteiger partial charge in [0.15, 0.2) is 5.95 Å². The second-order valence-corrected chi connectivity index (χ2v) is 3.09. The van der Waals surface area contributed by atoms with Crippen LogP contribution in [0.3, 0.4) is 0 Å². The van der Waals surface area contributed by atoms with Crippen molar-refractivity contribution < 1.29 is 24.5 Å². The van der Waals surface area contributed by atoms with Gasteiger partial charge in [0.1, 0.15) is 0 Å². The first-order valence-corrected chi connectivity index (χ1v) is 4.28. The minimum Gasteiger partial charge on any atom is -0.317 e. The first-order chi connectivity index (χ1) is 6.86. The van der Waals surface area contributed by atoms with Crippen molar-refractivity contribution in [1.82, 2.24) is 9.38 Å². The fourth-order valence-electron chi connectivity index (χ4n) is 1.62. The SMILES string of the molecule is Fc1cc2ccc[c-]c2c2nccn12.[Ir]. The van der Waals surface area contributed by atoms with Gasteiger partial charge in [-0.25, -0.2) is 0 Å². The molecule has 0 aliphatic carbocycles. The van der Waals surface area contributed by atoms with Gasteiger partial charge in [0.25, 0.3) is 0 Å². The fraction of sp³-hybridized carbons (Fsp3) is 0. The van der Waals surface area contributed by atoms with Crippen LogP contribution in [0.15, 0.2) is 36.7 Å². The van der Waals surface area contributed by atoms with E-state index in [-0.39, 0.29) is 26.1 Å². The van der Waals surface area contributed by atoms with Crippen LogP contribution in [0, 0.1) is 12.0 Å². The fourth-order valence-corrected chi connectivity index (χ4v) is 1.62. The van der Waals surface area contributed by atoms with Crippen molar-refractivity contribution in [3.63, 3.8) is 0 Å². The summed E-state index contributed by atoms with van der Waals surface area (Å²) in [6.45, 7) is 0. The zero-order chi connectivity index (χ0) is 9.54. The summed E-state index contributed by atoms with van der Waals surface area (Å²) in [7, 11) is 0. The maximum Gasteiger partial charge on any atom is 0.182 e. The molecule has 1 radical (unpaired) electrons. The van der Waals surface area contributed by atoms with Gasteiger partial charge in [0.05, 0.1) is 5.65 Å². The molecule has 0 spiro atoms. The Labute approximate surface area is 99.1 Å². The van der Waals surface area contributed by atoms with Gasteiger partial charge in [-0.1, -0.05) is 0 Å². The van der Waals surface area contributed by atoms with E-state index in [0.29, 0.717) is 5.65 Å². The first kappa shape index (κ1) is 10.3. The van der Waals surface area contributed by atoms with Crippen LogP contribution >= 0.6 is 0 Å². The third-order valence-electron chi connectivity index (χ3n) is 2.26. The Bertz CT molecular complexity index is 618. The van der Waals surface area contributed by atoms with E-state index in [0.717, 1.165) is 10.8 Å². The number of nitrogens with zero attached hydrogens (tertiary/aromatic N) is 2. The zero-order valence-corrected chi connectivity index (χ0v) is 9.96. The smallest absolute Gasteiger partial charge is 0.182 e. The molecule has 3 rings (SSSR count). The van der Waals surface area contributed by atoms with Crippen molar-refractivity contribution in [1.29, 1.82) is 0 Å². The number of rotatable bonds is 0. The summed E-state index contributed by atoms with van der Waals surface area (Å²) < 4.78 is 14.9. The molecule has 0 aliphatic rings. The van der Waals surface area contributed by atoms with Gasteiger partial charge in [-0.15, -0.1) is 35.0 Å². The van der Waals surface area contributed by atoms with E-state index in [1.165, 1.54) is 10.5 Å². The van der Waals surface area contributed by atoms with Gasteiger partial charge in [0.2, 0.25) is 0 Å². The molecule has 0 fully saturated rings. The standard InChI is InChI=1S/C11H6FN2.Ir/c12-10-7-8-3-1-2-4-9(8)11-13-5-6-14(10)11;/h1-3,5-7H;/q-1;. The number of benzene rings is 1. The Morgan fingerprint density at radius 2 is 2.27 bits per heavy atom. The molecule has 77 valence electrons. The third kappa shape index (κ3) is 1.46. The molecular weight excluding hydrogens is 371 g/mol. The van der Waals surface area contributed by atoms with Crippen LogP contribution in [-0.4, -0.2) is 9.38 Å². The normalized spacial score (nSPS) is 10.5. The van der Waals surface area contributed by atoms with E-state index < -0.39 is 0 Å². The van der Waals surface area contributed by atoms with Crippen LogP contribution in [0.2, 0.25) is 0 Å². The van der Waals surface area contributed by atoms with Crippen LogP contribution in [0.4, 0.5) is 4.39 Å². The largest absolute Gasteiger partial charge is 0.317 e. The van der Waals surface area contributed by atoms with Crippen molar-refractivity contribution in [3.05, 3.63) is 48.7 Å². The quantitative estimate of drug-likeness (QED) is 0.435. The maximum atomic E-state index is 13.5. The van der Waals surface area contributed by atoms with E-state index in [2.05, 4.69) is 11.1 Å². The Morgan fingerprint density at radius 3 is 3.13 bits per heavy atom. The van der Waals surface area contributed by atoms with Crippen LogP contribution in [0.1, 0.15) is 0 Å². The molecule has 0 N–H and O–H groups in total. The van der Waals surface area contributed by atoms with Crippen LogP contribution in [0.5, 0.6) is 0 Å². The van der Waals surface area contributed by atoms with Crippen molar-refractivity contribution in [3.8, 4) is 0 Å². The minimum atomic E-state index is -0.301. The molecule has 0 amide bonds. The van der Waals surface area contributed by atoms with Gasteiger partial charge in [-0.2, -0.15) is 4.39 Å². The molecule has 3 aromatic rings. The number of fused-ring (bicyclic) bond motifs is 3. The summed E-state index contributed by atoms with van der Waals surface area (Å²) >= 11 is 0. The molecular formula is C11H6FIrN2-. The predicted molar refractivity (Wildman–Crippen MR) is 51.5 cm³/mol.